The second kappa shape index (κ2) is 5.01. The van der Waals surface area contributed by atoms with Gasteiger partial charge < -0.3 is 16.8 Å². The fraction of sp³-hybridized carbons (Fsp3) is 0.231. The van der Waals surface area contributed by atoms with Crippen LogP contribution in [0, 0.1) is 0 Å². The number of carbonyl (C=O) groups is 1. The van der Waals surface area contributed by atoms with Gasteiger partial charge in [0.1, 0.15) is 0 Å². The fourth-order valence-electron chi connectivity index (χ4n) is 1.73. The third-order valence-corrected chi connectivity index (χ3v) is 2.78. The summed E-state index contributed by atoms with van der Waals surface area (Å²) in [5.41, 5.74) is 13.3. The third kappa shape index (κ3) is 2.67. The summed E-state index contributed by atoms with van der Waals surface area (Å²) in [6.07, 6.45) is 3.58. The lowest BCUT2D eigenvalue weighted by atomic mass is 10.1. The van der Waals surface area contributed by atoms with Gasteiger partial charge in [-0.2, -0.15) is 5.10 Å². The maximum atomic E-state index is 11.2. The number of aromatic nitrogens is 2. The minimum absolute atomic E-state index is 0.282. The van der Waals surface area contributed by atoms with Crippen molar-refractivity contribution < 1.29 is 4.79 Å². The summed E-state index contributed by atoms with van der Waals surface area (Å²) >= 11 is 0. The number of nitrogen functional groups attached to an aromatic ring is 1. The Morgan fingerprint density at radius 3 is 2.74 bits per heavy atom. The van der Waals surface area contributed by atoms with Gasteiger partial charge in [-0.25, -0.2) is 0 Å². The summed E-state index contributed by atoms with van der Waals surface area (Å²) in [4.78, 5) is 11.2. The molecule has 0 unspecified atom stereocenters. The third-order valence-electron chi connectivity index (χ3n) is 2.78. The van der Waals surface area contributed by atoms with Crippen LogP contribution in [0.4, 0.5) is 17.1 Å². The Morgan fingerprint density at radius 2 is 2.16 bits per heavy atom. The Kier molecular flexibility index (Phi) is 3.41. The second-order valence-electron chi connectivity index (χ2n) is 4.56. The molecule has 0 aliphatic heterocycles. The van der Waals surface area contributed by atoms with Crippen LogP contribution >= 0.6 is 0 Å². The lowest BCUT2D eigenvalue weighted by Gasteiger charge is -2.10. The maximum absolute atomic E-state index is 11.2. The van der Waals surface area contributed by atoms with Crippen LogP contribution in [-0.2, 0) is 0 Å². The topological polar surface area (TPSA) is 99.0 Å². The average molecular weight is 259 g/mol. The molecule has 0 aliphatic rings. The normalized spacial score (nSPS) is 10.7. The van der Waals surface area contributed by atoms with E-state index in [0.717, 1.165) is 5.69 Å². The summed E-state index contributed by atoms with van der Waals surface area (Å²) in [6, 6.07) is 5.39. The van der Waals surface area contributed by atoms with E-state index in [1.807, 2.05) is 24.7 Å². The van der Waals surface area contributed by atoms with Gasteiger partial charge in [-0.1, -0.05) is 6.07 Å². The number of carbonyl (C=O) groups excluding carboxylic acids is 1. The average Bonchev–Trinajstić information content (AvgIpc) is 2.80. The van der Waals surface area contributed by atoms with Gasteiger partial charge in [0, 0.05) is 12.2 Å². The molecule has 2 aromatic rings. The highest BCUT2D eigenvalue weighted by Crippen LogP contribution is 2.26. The zero-order chi connectivity index (χ0) is 14.0. The van der Waals surface area contributed by atoms with Crippen molar-refractivity contribution >= 4 is 23.0 Å². The Labute approximate surface area is 111 Å². The molecule has 1 amide bonds. The Morgan fingerprint density at radius 1 is 1.42 bits per heavy atom. The van der Waals surface area contributed by atoms with E-state index in [1.165, 1.54) is 0 Å². The molecule has 1 heterocycles. The molecule has 0 fully saturated rings. The number of primary amides is 1. The van der Waals surface area contributed by atoms with Crippen LogP contribution in [0.1, 0.15) is 30.2 Å². The largest absolute Gasteiger partial charge is 0.396 e. The van der Waals surface area contributed by atoms with Crippen LogP contribution in [-0.4, -0.2) is 15.7 Å². The minimum Gasteiger partial charge on any atom is -0.396 e. The SMILES string of the molecule is CC(C)n1cc(Nc2cccc(C(N)=O)c2N)cn1. The van der Waals surface area contributed by atoms with Crippen molar-refractivity contribution in [3.05, 3.63) is 36.2 Å². The number of nitrogens with two attached hydrogens (primary N) is 2. The highest BCUT2D eigenvalue weighted by atomic mass is 16.1. The van der Waals surface area contributed by atoms with Gasteiger partial charge >= 0.3 is 0 Å². The molecule has 6 nitrogen and oxygen atoms in total. The molecular weight excluding hydrogens is 242 g/mol. The minimum atomic E-state index is -0.543. The van der Waals surface area contributed by atoms with Crippen molar-refractivity contribution in [2.75, 3.05) is 11.1 Å². The van der Waals surface area contributed by atoms with E-state index in [0.29, 0.717) is 16.9 Å². The molecule has 2 rings (SSSR count). The number of hydrogen-bond acceptors (Lipinski definition) is 4. The number of amides is 1. The molecule has 100 valence electrons. The number of nitrogens with zero attached hydrogens (tertiary/aromatic N) is 2. The van der Waals surface area contributed by atoms with E-state index >= 15 is 0 Å². The molecule has 0 spiro atoms. The van der Waals surface area contributed by atoms with Gasteiger partial charge in [0.2, 0.25) is 0 Å². The van der Waals surface area contributed by atoms with E-state index < -0.39 is 5.91 Å². The number of anilines is 3. The summed E-state index contributed by atoms with van der Waals surface area (Å²) in [7, 11) is 0. The molecule has 1 aromatic heterocycles. The highest BCUT2D eigenvalue weighted by molar-refractivity contribution is 6.01. The summed E-state index contributed by atoms with van der Waals surface area (Å²) in [6.45, 7) is 4.08. The quantitative estimate of drug-likeness (QED) is 0.730. The molecule has 0 atom stereocenters. The smallest absolute Gasteiger partial charge is 0.250 e. The molecule has 0 saturated carbocycles. The van der Waals surface area contributed by atoms with Crippen LogP contribution in [0.3, 0.4) is 0 Å². The first-order chi connectivity index (χ1) is 8.99. The Bertz CT molecular complexity index is 603. The molecule has 0 saturated heterocycles. The van der Waals surface area contributed by atoms with Gasteiger partial charge in [-0.3, -0.25) is 9.48 Å². The van der Waals surface area contributed by atoms with Crippen molar-refractivity contribution in [3.8, 4) is 0 Å². The molecule has 0 radical (unpaired) electrons. The van der Waals surface area contributed by atoms with Crippen LogP contribution in [0.2, 0.25) is 0 Å². The van der Waals surface area contributed by atoms with E-state index in [2.05, 4.69) is 10.4 Å². The zero-order valence-corrected chi connectivity index (χ0v) is 10.9. The van der Waals surface area contributed by atoms with E-state index in [-0.39, 0.29) is 6.04 Å². The highest BCUT2D eigenvalue weighted by Gasteiger charge is 2.10. The Hall–Kier alpha value is -2.50. The summed E-state index contributed by atoms with van der Waals surface area (Å²) < 4.78 is 1.83. The van der Waals surface area contributed by atoms with Crippen molar-refractivity contribution in [3.63, 3.8) is 0 Å². The second-order valence-corrected chi connectivity index (χ2v) is 4.56. The standard InChI is InChI=1S/C13H17N5O/c1-8(2)18-7-9(6-16-18)17-11-5-3-4-10(12(11)14)13(15)19/h3-8,17H,14H2,1-2H3,(H2,15,19). The van der Waals surface area contributed by atoms with Crippen molar-refractivity contribution in [1.29, 1.82) is 0 Å². The molecule has 6 heteroatoms. The predicted molar refractivity (Wildman–Crippen MR) is 75.3 cm³/mol. The predicted octanol–water partition coefficient (Wildman–Crippen LogP) is 1.89. The number of nitrogens with one attached hydrogen (secondary N) is 1. The van der Waals surface area contributed by atoms with Crippen molar-refractivity contribution in [2.24, 2.45) is 5.73 Å². The molecular formula is C13H17N5O. The molecule has 1 aromatic carbocycles. The lowest BCUT2D eigenvalue weighted by molar-refractivity contribution is 0.100. The van der Waals surface area contributed by atoms with Gasteiger partial charge in [0.05, 0.1) is 28.8 Å². The van der Waals surface area contributed by atoms with Gasteiger partial charge in [-0.05, 0) is 26.0 Å². The van der Waals surface area contributed by atoms with Gasteiger partial charge in [0.15, 0.2) is 0 Å². The van der Waals surface area contributed by atoms with Gasteiger partial charge in [0.25, 0.3) is 5.91 Å². The van der Waals surface area contributed by atoms with Gasteiger partial charge in [-0.15, -0.1) is 0 Å². The summed E-state index contributed by atoms with van der Waals surface area (Å²) in [5.74, 6) is -0.543. The number of benzene rings is 1. The van der Waals surface area contributed by atoms with Crippen LogP contribution in [0.5, 0.6) is 0 Å². The number of rotatable bonds is 4. The molecule has 0 bridgehead atoms. The van der Waals surface area contributed by atoms with E-state index in [1.54, 1.807) is 24.4 Å². The summed E-state index contributed by atoms with van der Waals surface area (Å²) in [5, 5.41) is 7.35. The van der Waals surface area contributed by atoms with E-state index in [9.17, 15) is 4.79 Å². The first kappa shape index (κ1) is 12.9. The molecule has 5 N–H and O–H groups in total. The monoisotopic (exact) mass is 259 g/mol. The Balaban J connectivity index is 2.28. The van der Waals surface area contributed by atoms with Crippen molar-refractivity contribution in [2.45, 2.75) is 19.9 Å². The first-order valence-corrected chi connectivity index (χ1v) is 5.98. The first-order valence-electron chi connectivity index (χ1n) is 5.98. The number of hydrogen-bond donors (Lipinski definition) is 3. The number of para-hydroxylation sites is 1. The van der Waals surface area contributed by atoms with Crippen LogP contribution < -0.4 is 16.8 Å². The molecule has 19 heavy (non-hydrogen) atoms. The van der Waals surface area contributed by atoms with E-state index in [4.69, 9.17) is 11.5 Å². The maximum Gasteiger partial charge on any atom is 0.250 e. The van der Waals surface area contributed by atoms with Crippen molar-refractivity contribution in [1.82, 2.24) is 9.78 Å². The van der Waals surface area contributed by atoms with Crippen LogP contribution in [0.15, 0.2) is 30.6 Å². The molecule has 0 aliphatic carbocycles. The lowest BCUT2D eigenvalue weighted by Crippen LogP contribution is -2.14. The fourth-order valence-corrected chi connectivity index (χ4v) is 1.73. The van der Waals surface area contributed by atoms with Crippen LogP contribution in [0.25, 0.3) is 0 Å². The zero-order valence-electron chi connectivity index (χ0n) is 10.9.